The molecule has 1 unspecified atom stereocenters. The lowest BCUT2D eigenvalue weighted by molar-refractivity contribution is 0.212. The van der Waals surface area contributed by atoms with E-state index in [4.69, 9.17) is 15.2 Å². The highest BCUT2D eigenvalue weighted by atomic mass is 79.9. The van der Waals surface area contributed by atoms with Crippen LogP contribution in [0.5, 0.6) is 11.5 Å². The highest BCUT2D eigenvalue weighted by Gasteiger charge is 2.14. The van der Waals surface area contributed by atoms with E-state index in [-0.39, 0.29) is 12.4 Å². The molecule has 0 saturated carbocycles. The van der Waals surface area contributed by atoms with Gasteiger partial charge in [0.1, 0.15) is 23.4 Å². The fourth-order valence-corrected chi connectivity index (χ4v) is 2.27. The van der Waals surface area contributed by atoms with Crippen molar-refractivity contribution in [3.05, 3.63) is 58.3 Å². The number of ether oxygens (including phenoxy) is 2. The maximum absolute atomic E-state index is 13.3. The van der Waals surface area contributed by atoms with Gasteiger partial charge in [0, 0.05) is 6.54 Å². The largest absolute Gasteiger partial charge is 0.497 e. The Hall–Kier alpha value is -1.59. The van der Waals surface area contributed by atoms with Crippen molar-refractivity contribution in [3.8, 4) is 11.5 Å². The molecule has 1 atom stereocenters. The van der Waals surface area contributed by atoms with Crippen molar-refractivity contribution in [2.24, 2.45) is 5.73 Å². The molecule has 2 N–H and O–H groups in total. The van der Waals surface area contributed by atoms with E-state index in [1.54, 1.807) is 37.4 Å². The first-order chi connectivity index (χ1) is 9.63. The predicted octanol–water partition coefficient (Wildman–Crippen LogP) is 3.68. The second kappa shape index (κ2) is 6.72. The van der Waals surface area contributed by atoms with E-state index < -0.39 is 6.10 Å². The maximum atomic E-state index is 13.3. The molecule has 0 fully saturated rings. The summed E-state index contributed by atoms with van der Waals surface area (Å²) >= 11 is 3.41. The number of rotatable bonds is 5. The molecular formula is C15H15BrFNO2. The molecule has 0 aliphatic heterocycles. The summed E-state index contributed by atoms with van der Waals surface area (Å²) in [5.41, 5.74) is 6.43. The van der Waals surface area contributed by atoms with E-state index in [0.29, 0.717) is 11.3 Å². The third kappa shape index (κ3) is 3.49. The molecule has 0 spiro atoms. The van der Waals surface area contributed by atoms with Crippen LogP contribution in [0, 0.1) is 5.82 Å². The molecule has 0 heterocycles. The zero-order chi connectivity index (χ0) is 14.5. The molecule has 5 heteroatoms. The fourth-order valence-electron chi connectivity index (χ4n) is 1.82. The van der Waals surface area contributed by atoms with Gasteiger partial charge in [-0.25, -0.2) is 4.39 Å². The smallest absolute Gasteiger partial charge is 0.136 e. The minimum absolute atomic E-state index is 0.252. The van der Waals surface area contributed by atoms with Crippen LogP contribution < -0.4 is 15.2 Å². The van der Waals surface area contributed by atoms with Crippen LogP contribution in [0.1, 0.15) is 11.7 Å². The van der Waals surface area contributed by atoms with E-state index in [1.165, 1.54) is 12.1 Å². The molecule has 0 aliphatic carbocycles. The summed E-state index contributed by atoms with van der Waals surface area (Å²) in [7, 11) is 1.59. The van der Waals surface area contributed by atoms with E-state index in [1.807, 2.05) is 0 Å². The van der Waals surface area contributed by atoms with Gasteiger partial charge in [0.05, 0.1) is 11.6 Å². The van der Waals surface area contributed by atoms with Crippen LogP contribution in [0.3, 0.4) is 0 Å². The van der Waals surface area contributed by atoms with Crippen molar-refractivity contribution in [2.75, 3.05) is 13.7 Å². The standard InChI is InChI=1S/C15H15BrFNO2/c1-19-12-5-6-14(13(16)8-12)20-15(9-18)10-3-2-4-11(17)7-10/h2-8,15H,9,18H2,1H3. The molecule has 2 rings (SSSR count). The minimum atomic E-state index is -0.407. The van der Waals surface area contributed by atoms with Crippen LogP contribution in [-0.4, -0.2) is 13.7 Å². The van der Waals surface area contributed by atoms with Gasteiger partial charge < -0.3 is 15.2 Å². The van der Waals surface area contributed by atoms with Gasteiger partial charge in [0.15, 0.2) is 0 Å². The first-order valence-electron chi connectivity index (χ1n) is 6.09. The summed E-state index contributed by atoms with van der Waals surface area (Å²) in [6.07, 6.45) is -0.407. The quantitative estimate of drug-likeness (QED) is 0.903. The van der Waals surface area contributed by atoms with Crippen molar-refractivity contribution >= 4 is 15.9 Å². The molecule has 0 bridgehead atoms. The summed E-state index contributed by atoms with van der Waals surface area (Å²) in [5, 5.41) is 0. The summed E-state index contributed by atoms with van der Waals surface area (Å²) in [4.78, 5) is 0. The highest BCUT2D eigenvalue weighted by molar-refractivity contribution is 9.10. The summed E-state index contributed by atoms with van der Waals surface area (Å²) in [6.45, 7) is 0.252. The molecule has 0 amide bonds. The Labute approximate surface area is 125 Å². The van der Waals surface area contributed by atoms with Gasteiger partial charge in [0.2, 0.25) is 0 Å². The van der Waals surface area contributed by atoms with Crippen LogP contribution in [0.25, 0.3) is 0 Å². The number of halogens is 2. The number of nitrogens with two attached hydrogens (primary N) is 1. The summed E-state index contributed by atoms with van der Waals surface area (Å²) in [6, 6.07) is 11.6. The van der Waals surface area contributed by atoms with Crippen molar-refractivity contribution in [2.45, 2.75) is 6.10 Å². The highest BCUT2D eigenvalue weighted by Crippen LogP contribution is 2.32. The second-order valence-corrected chi connectivity index (χ2v) is 5.05. The van der Waals surface area contributed by atoms with Crippen molar-refractivity contribution in [3.63, 3.8) is 0 Å². The van der Waals surface area contributed by atoms with Crippen LogP contribution in [0.15, 0.2) is 46.9 Å². The predicted molar refractivity (Wildman–Crippen MR) is 79.5 cm³/mol. The van der Waals surface area contributed by atoms with Crippen molar-refractivity contribution in [1.82, 2.24) is 0 Å². The number of hydrogen-bond acceptors (Lipinski definition) is 3. The van der Waals surface area contributed by atoms with Crippen molar-refractivity contribution in [1.29, 1.82) is 0 Å². The first-order valence-corrected chi connectivity index (χ1v) is 6.89. The lowest BCUT2D eigenvalue weighted by atomic mass is 10.1. The molecular weight excluding hydrogens is 325 g/mol. The SMILES string of the molecule is COc1ccc(OC(CN)c2cccc(F)c2)c(Br)c1. The van der Waals surface area contributed by atoms with Gasteiger partial charge in [-0.2, -0.15) is 0 Å². The lowest BCUT2D eigenvalue weighted by Gasteiger charge is -2.19. The third-order valence-corrected chi connectivity index (χ3v) is 3.46. The molecule has 2 aromatic carbocycles. The third-order valence-electron chi connectivity index (χ3n) is 2.84. The Morgan fingerprint density at radius 1 is 1.25 bits per heavy atom. The second-order valence-electron chi connectivity index (χ2n) is 4.19. The van der Waals surface area contributed by atoms with Gasteiger partial charge in [-0.3, -0.25) is 0 Å². The van der Waals surface area contributed by atoms with Gasteiger partial charge in [0.25, 0.3) is 0 Å². The molecule has 20 heavy (non-hydrogen) atoms. The van der Waals surface area contributed by atoms with Gasteiger partial charge in [-0.15, -0.1) is 0 Å². The van der Waals surface area contributed by atoms with E-state index in [9.17, 15) is 4.39 Å². The van der Waals surface area contributed by atoms with Crippen LogP contribution in [0.2, 0.25) is 0 Å². The van der Waals surface area contributed by atoms with E-state index in [2.05, 4.69) is 15.9 Å². The Balaban J connectivity index is 2.22. The molecule has 106 valence electrons. The van der Waals surface area contributed by atoms with Gasteiger partial charge in [-0.1, -0.05) is 12.1 Å². The van der Waals surface area contributed by atoms with Crippen LogP contribution in [-0.2, 0) is 0 Å². The number of benzene rings is 2. The molecule has 0 saturated heterocycles. The topological polar surface area (TPSA) is 44.5 Å². The van der Waals surface area contributed by atoms with Gasteiger partial charge in [-0.05, 0) is 51.8 Å². The van der Waals surface area contributed by atoms with Crippen molar-refractivity contribution < 1.29 is 13.9 Å². The molecule has 0 aromatic heterocycles. The maximum Gasteiger partial charge on any atom is 0.136 e. The zero-order valence-electron chi connectivity index (χ0n) is 11.0. The average molecular weight is 340 g/mol. The molecule has 0 radical (unpaired) electrons. The first kappa shape index (κ1) is 14.8. The van der Waals surface area contributed by atoms with E-state index in [0.717, 1.165) is 10.2 Å². The van der Waals surface area contributed by atoms with Crippen LogP contribution >= 0.6 is 15.9 Å². The minimum Gasteiger partial charge on any atom is -0.497 e. The Kier molecular flexibility index (Phi) is 4.98. The normalized spacial score (nSPS) is 12.0. The molecule has 2 aromatic rings. The fraction of sp³-hybridized carbons (Fsp3) is 0.200. The Bertz CT molecular complexity index is 592. The van der Waals surface area contributed by atoms with Gasteiger partial charge >= 0.3 is 0 Å². The van der Waals surface area contributed by atoms with E-state index >= 15 is 0 Å². The average Bonchev–Trinajstić information content (AvgIpc) is 2.46. The summed E-state index contributed by atoms with van der Waals surface area (Å²) < 4.78 is 25.0. The Morgan fingerprint density at radius 3 is 2.65 bits per heavy atom. The van der Waals surface area contributed by atoms with Crippen LogP contribution in [0.4, 0.5) is 4.39 Å². The zero-order valence-corrected chi connectivity index (χ0v) is 12.6. The Morgan fingerprint density at radius 2 is 2.05 bits per heavy atom. The number of methoxy groups -OCH3 is 1. The number of hydrogen-bond donors (Lipinski definition) is 1. The lowest BCUT2D eigenvalue weighted by Crippen LogP contribution is -2.18. The molecule has 0 aliphatic rings. The summed E-state index contributed by atoms with van der Waals surface area (Å²) in [5.74, 6) is 1.04. The molecule has 3 nitrogen and oxygen atoms in total. The monoisotopic (exact) mass is 339 g/mol.